The monoisotopic (exact) mass is 1480 g/mol. The summed E-state index contributed by atoms with van der Waals surface area (Å²) >= 11 is 6.75. The highest BCUT2D eigenvalue weighted by Gasteiger charge is 2.22. The number of methoxy groups -OCH3 is 1. The van der Waals surface area contributed by atoms with Crippen molar-refractivity contribution in [2.75, 3.05) is 68.7 Å². The fourth-order valence-corrected chi connectivity index (χ4v) is 11.1. The summed E-state index contributed by atoms with van der Waals surface area (Å²) in [7, 11) is 5.14. The Labute approximate surface area is 591 Å². The van der Waals surface area contributed by atoms with Crippen LogP contribution in [0.1, 0.15) is 75.4 Å². The van der Waals surface area contributed by atoms with Crippen LogP contribution in [0.25, 0.3) is 34.1 Å². The number of amides is 6. The van der Waals surface area contributed by atoms with Crippen LogP contribution in [0.2, 0.25) is 0 Å². The van der Waals surface area contributed by atoms with Crippen molar-refractivity contribution in [3.05, 3.63) is 205 Å². The van der Waals surface area contributed by atoms with Gasteiger partial charge < -0.3 is 60.6 Å². The lowest BCUT2D eigenvalue weighted by molar-refractivity contribution is -0.126. The molecule has 23 nitrogen and oxygen atoms in total. The molecule has 0 bridgehead atoms. The molecule has 4 aliphatic rings. The minimum absolute atomic E-state index is 0. The minimum Gasteiger partial charge on any atom is -0.497 e. The van der Waals surface area contributed by atoms with E-state index in [1.165, 1.54) is 12.2 Å². The second-order valence-electron chi connectivity index (χ2n) is 22.2. The van der Waals surface area contributed by atoms with E-state index in [1.807, 2.05) is 125 Å². The Morgan fingerprint density at radius 2 is 0.928 bits per heavy atom. The number of nitrogens with one attached hydrogen (secondary N) is 7. The van der Waals surface area contributed by atoms with E-state index in [2.05, 4.69) is 93.9 Å². The predicted octanol–water partition coefficient (Wildman–Crippen LogP) is 11.3. The molecular formula is C70H76Br2Cl2N14O9. The van der Waals surface area contributed by atoms with Gasteiger partial charge in [-0.3, -0.25) is 33.7 Å². The zero-order valence-corrected chi connectivity index (χ0v) is 59.3. The van der Waals surface area contributed by atoms with E-state index in [4.69, 9.17) is 13.6 Å². The third-order valence-electron chi connectivity index (χ3n) is 15.2. The molecule has 0 spiro atoms. The smallest absolute Gasteiger partial charge is 0.246 e. The van der Waals surface area contributed by atoms with E-state index in [0.29, 0.717) is 82.2 Å². The zero-order chi connectivity index (χ0) is 67.5. The van der Waals surface area contributed by atoms with Crippen LogP contribution in [-0.4, -0.2) is 117 Å². The van der Waals surface area contributed by atoms with Crippen molar-refractivity contribution in [2.24, 2.45) is 0 Å². The van der Waals surface area contributed by atoms with Crippen LogP contribution in [0.5, 0.6) is 5.75 Å². The molecule has 9 aromatic rings. The summed E-state index contributed by atoms with van der Waals surface area (Å²) in [5, 5.41) is 22.3. The van der Waals surface area contributed by atoms with Crippen molar-refractivity contribution in [1.29, 1.82) is 0 Å². The summed E-state index contributed by atoms with van der Waals surface area (Å²) in [6.45, 7) is 13.1. The summed E-state index contributed by atoms with van der Waals surface area (Å²) in [6, 6.07) is 31.4. The minimum atomic E-state index is -0.133. The highest BCUT2D eigenvalue weighted by Crippen LogP contribution is 2.29. The first-order valence-electron chi connectivity index (χ1n) is 30.7. The Balaban J connectivity index is 0.000000185. The van der Waals surface area contributed by atoms with Crippen LogP contribution in [0.3, 0.4) is 0 Å². The lowest BCUT2D eigenvalue weighted by Gasteiger charge is -2.19. The van der Waals surface area contributed by atoms with Crippen LogP contribution in [0.15, 0.2) is 152 Å². The molecule has 508 valence electrons. The van der Waals surface area contributed by atoms with Gasteiger partial charge in [0, 0.05) is 137 Å². The van der Waals surface area contributed by atoms with Crippen LogP contribution in [0.4, 0.5) is 23.3 Å². The van der Waals surface area contributed by atoms with E-state index in [1.54, 1.807) is 67.9 Å². The molecule has 27 heteroatoms. The maximum atomic E-state index is 12.5. The molecule has 7 N–H and O–H groups in total. The number of halogens is 4. The number of aryl methyl sites for hydroxylation is 2. The standard InChI is InChI=1S/2C22H22N4O3.C16H16BrN3O2.C8H8BrN3O.C2H6.2ClH/c2*1-14-17-5-3-4-6-18(17)29-19(14)13-26(2)21(28)8-7-15-9-16-11-23-12-20(27)25-22(16)24-10-15;1-22-14-4-2-11(3-5-14)8-20-9-12-6-13(17)7-18-16(12)19-15(21)10-20;9-6-1-5-2-10-4-7(13)12-8(5)11-3-6;1-2;;/h2*3-10,23H,11-13H2,1-2H3,(H,24,25,27);2-7H,8-10H2,1H3,(H,18,19,21);1,3,10H,2,4H2,(H,11,12,13);1-2H3;2*1H/b2*8-7+;;;;;. The molecule has 97 heavy (non-hydrogen) atoms. The topological polar surface area (TPSA) is 283 Å². The van der Waals surface area contributed by atoms with Gasteiger partial charge in [0.15, 0.2) is 0 Å². The third kappa shape index (κ3) is 20.9. The van der Waals surface area contributed by atoms with Gasteiger partial charge in [0.2, 0.25) is 35.4 Å². The number of carbonyl (C=O) groups excluding carboxylic acids is 6. The number of pyridine rings is 4. The van der Waals surface area contributed by atoms with Gasteiger partial charge in [-0.15, -0.1) is 24.8 Å². The first-order valence-corrected chi connectivity index (χ1v) is 32.2. The van der Waals surface area contributed by atoms with Crippen LogP contribution < -0.4 is 42.0 Å². The molecule has 0 atom stereocenters. The Kier molecular flexibility index (Phi) is 28.1. The molecule has 4 aliphatic heterocycles. The summed E-state index contributed by atoms with van der Waals surface area (Å²) in [5.74, 6) is 4.22. The van der Waals surface area contributed by atoms with Crippen molar-refractivity contribution in [3.8, 4) is 5.75 Å². The number of likely N-dealkylation sites (N-methyl/N-ethyl adjacent to an activating group) is 2. The van der Waals surface area contributed by atoms with Gasteiger partial charge >= 0.3 is 0 Å². The maximum Gasteiger partial charge on any atom is 0.246 e. The first-order chi connectivity index (χ1) is 45.9. The molecule has 6 aromatic heterocycles. The molecule has 6 amide bonds. The zero-order valence-electron chi connectivity index (χ0n) is 54.5. The highest BCUT2D eigenvalue weighted by atomic mass is 79.9. The normalized spacial score (nSPS) is 13.9. The number of fused-ring (bicyclic) bond motifs is 6. The van der Waals surface area contributed by atoms with Gasteiger partial charge in [-0.1, -0.05) is 62.4 Å². The number of nitrogens with zero attached hydrogens (tertiary/aromatic N) is 7. The van der Waals surface area contributed by atoms with E-state index in [0.717, 1.165) is 98.2 Å². The molecular weight excluding hydrogens is 1410 g/mol. The van der Waals surface area contributed by atoms with Crippen molar-refractivity contribution in [1.82, 2.24) is 50.6 Å². The first kappa shape index (κ1) is 75.2. The molecule has 3 aromatic carbocycles. The number of ether oxygens (including phenoxy) is 1. The van der Waals surface area contributed by atoms with Crippen molar-refractivity contribution >= 4 is 149 Å². The lowest BCUT2D eigenvalue weighted by atomic mass is 10.1. The fourth-order valence-electron chi connectivity index (χ4n) is 10.3. The highest BCUT2D eigenvalue weighted by molar-refractivity contribution is 9.10. The average Bonchev–Trinajstić information content (AvgIpc) is 1.68. The number of anilines is 4. The van der Waals surface area contributed by atoms with Crippen molar-refractivity contribution in [2.45, 2.75) is 73.5 Å². The largest absolute Gasteiger partial charge is 0.497 e. The Hall–Kier alpha value is -9.18. The number of furan rings is 2. The Morgan fingerprint density at radius 3 is 1.36 bits per heavy atom. The number of rotatable bonds is 11. The van der Waals surface area contributed by atoms with E-state index in [-0.39, 0.29) is 73.3 Å². The van der Waals surface area contributed by atoms with Crippen LogP contribution >= 0.6 is 56.7 Å². The van der Waals surface area contributed by atoms with E-state index in [9.17, 15) is 28.8 Å². The number of carbonyl (C=O) groups is 6. The molecule has 0 aliphatic carbocycles. The van der Waals surface area contributed by atoms with Gasteiger partial charge in [-0.2, -0.15) is 0 Å². The molecule has 0 unspecified atom stereocenters. The number of benzene rings is 3. The second-order valence-corrected chi connectivity index (χ2v) is 24.1. The van der Waals surface area contributed by atoms with E-state index >= 15 is 0 Å². The predicted molar refractivity (Wildman–Crippen MR) is 388 cm³/mol. The summed E-state index contributed by atoms with van der Waals surface area (Å²) in [6.07, 6.45) is 13.1. The third-order valence-corrected chi connectivity index (χ3v) is 16.1. The Morgan fingerprint density at radius 1 is 0.536 bits per heavy atom. The van der Waals surface area contributed by atoms with Crippen molar-refractivity contribution in [3.63, 3.8) is 0 Å². The van der Waals surface area contributed by atoms with E-state index < -0.39 is 0 Å². The lowest BCUT2D eigenvalue weighted by Crippen LogP contribution is -2.29. The number of para-hydroxylation sites is 2. The van der Waals surface area contributed by atoms with Crippen molar-refractivity contribution < 1.29 is 42.3 Å². The number of hydrogen-bond acceptors (Lipinski definition) is 17. The number of hydrogen-bond donors (Lipinski definition) is 7. The van der Waals surface area contributed by atoms with Gasteiger partial charge in [0.1, 0.15) is 51.7 Å². The summed E-state index contributed by atoms with van der Waals surface area (Å²) < 4.78 is 18.8. The second kappa shape index (κ2) is 36.2. The van der Waals surface area contributed by atoms with Gasteiger partial charge in [-0.25, -0.2) is 19.9 Å². The molecule has 13 rings (SSSR count). The summed E-state index contributed by atoms with van der Waals surface area (Å²) in [5.41, 5.74) is 10.3. The van der Waals surface area contributed by atoms with Crippen LogP contribution in [-0.2, 0) is 74.6 Å². The molecule has 0 radical (unpaired) electrons. The molecule has 10 heterocycles. The van der Waals surface area contributed by atoms with Crippen LogP contribution in [0, 0.1) is 13.8 Å². The fraction of sp³-hybridized carbons (Fsp3) is 0.257. The Bertz CT molecular complexity index is 4160. The SMILES string of the molecule is CC.COc1ccc(CN2CC(=O)Nc3ncc(Br)cc3C2)cc1.Cc1c(CN(C)C(=O)/C=C/c2cnc3c(c2)CNCC(=O)N3)oc2ccccc12.Cc1c(CN(C)C(=O)/C=C/c2cnc3c(c2)CNCC(=O)N3)oc2ccccc12.Cl.Cl.O=C1CNCc2cc(Br)cnc2N1. The molecule has 0 fully saturated rings. The average molecular weight is 1490 g/mol. The van der Waals surface area contributed by atoms with Gasteiger partial charge in [0.05, 0.1) is 46.4 Å². The summed E-state index contributed by atoms with van der Waals surface area (Å²) in [4.78, 5) is 93.6. The molecule has 0 saturated carbocycles. The number of aromatic nitrogens is 4. The van der Waals surface area contributed by atoms with Gasteiger partial charge in [-0.05, 0) is 123 Å². The quantitative estimate of drug-likeness (QED) is 0.0593. The van der Waals surface area contributed by atoms with Gasteiger partial charge in [0.25, 0.3) is 0 Å². The maximum absolute atomic E-state index is 12.5. The molecule has 0 saturated heterocycles.